The van der Waals surface area contributed by atoms with Gasteiger partial charge in [-0.2, -0.15) is 13.2 Å². The number of hydrogen-bond acceptors (Lipinski definition) is 6. The van der Waals surface area contributed by atoms with Gasteiger partial charge >= 0.3 is 6.18 Å². The molecule has 3 aliphatic heterocycles. The van der Waals surface area contributed by atoms with Crippen LogP contribution in [0.2, 0.25) is 0 Å². The lowest BCUT2D eigenvalue weighted by Crippen LogP contribution is -2.54. The van der Waals surface area contributed by atoms with Gasteiger partial charge in [0.25, 0.3) is 11.8 Å². The molecule has 4 aliphatic rings. The van der Waals surface area contributed by atoms with Crippen LogP contribution in [-0.4, -0.2) is 58.1 Å². The number of alkyl halides is 3. The molecular formula is C40H34F3N5O5. The molecule has 4 heterocycles. The number of nitrogens with one attached hydrogen (secondary N) is 2. The van der Waals surface area contributed by atoms with Crippen molar-refractivity contribution in [1.82, 2.24) is 14.8 Å². The molecule has 10 nitrogen and oxygen atoms in total. The van der Waals surface area contributed by atoms with Crippen molar-refractivity contribution in [2.24, 2.45) is 5.92 Å². The summed E-state index contributed by atoms with van der Waals surface area (Å²) >= 11 is 0. The van der Waals surface area contributed by atoms with Crippen LogP contribution in [0.4, 0.5) is 24.5 Å². The fraction of sp³-hybridized carbons (Fsp3) is 0.325. The number of fused-ring (bicyclic) bond motifs is 2. The van der Waals surface area contributed by atoms with Crippen LogP contribution in [0.25, 0.3) is 10.9 Å². The second kappa shape index (κ2) is 12.4. The highest BCUT2D eigenvalue weighted by atomic mass is 19.4. The number of carbonyl (C=O) groups excluding carboxylic acids is 5. The monoisotopic (exact) mass is 721 g/mol. The Morgan fingerprint density at radius 1 is 0.887 bits per heavy atom. The van der Waals surface area contributed by atoms with E-state index in [-0.39, 0.29) is 41.7 Å². The van der Waals surface area contributed by atoms with E-state index in [1.165, 1.54) is 6.07 Å². The van der Waals surface area contributed by atoms with Crippen molar-refractivity contribution in [1.29, 1.82) is 0 Å². The molecule has 2 N–H and O–H groups in total. The molecule has 13 heteroatoms. The van der Waals surface area contributed by atoms with Crippen molar-refractivity contribution in [2.75, 3.05) is 23.3 Å². The molecule has 270 valence electrons. The van der Waals surface area contributed by atoms with Crippen molar-refractivity contribution < 1.29 is 37.1 Å². The summed E-state index contributed by atoms with van der Waals surface area (Å²) in [6.45, 7) is 4.77. The number of anilines is 2. The molecule has 8 rings (SSSR count). The average molecular weight is 722 g/mol. The SMILES string of the molecule is CC(C)(C(=O)Nc1ccc(C(F)(F)F)cc1C1CC1)n1ccc2cc(C#CC3CN(c4ccc5c(c4)C(=O)N(C4CCC(=O)NC4=O)C5=O)C3)ccc21. The van der Waals surface area contributed by atoms with Gasteiger partial charge in [-0.25, -0.2) is 0 Å². The summed E-state index contributed by atoms with van der Waals surface area (Å²) in [5.74, 6) is 4.11. The van der Waals surface area contributed by atoms with Crippen LogP contribution in [0.5, 0.6) is 0 Å². The summed E-state index contributed by atoms with van der Waals surface area (Å²) < 4.78 is 42.0. The summed E-state index contributed by atoms with van der Waals surface area (Å²) in [6.07, 6.45) is -0.916. The standard InChI is InChI=1S/C40H34F3N5O5/c1-39(2,38(53)44-31-11-8-26(40(41,42)43)18-29(31)24-6-7-24)47-16-15-25-17-22(5-12-32(25)47)3-4-23-20-46(21-23)27-9-10-28-30(19-27)37(52)48(36(28)51)33-13-14-34(49)45-35(33)50/h5,8-12,15-19,23-24,33H,6-7,13-14,20-21H2,1-2H3,(H,44,53)(H,45,49,50). The quantitative estimate of drug-likeness (QED) is 0.192. The van der Waals surface area contributed by atoms with Crippen LogP contribution in [0.15, 0.2) is 66.9 Å². The zero-order chi connectivity index (χ0) is 37.4. The van der Waals surface area contributed by atoms with Gasteiger partial charge in [0.1, 0.15) is 11.6 Å². The smallest absolute Gasteiger partial charge is 0.369 e. The number of carbonyl (C=O) groups is 5. The van der Waals surface area contributed by atoms with E-state index in [2.05, 4.69) is 27.4 Å². The lowest BCUT2D eigenvalue weighted by Gasteiger charge is -2.38. The van der Waals surface area contributed by atoms with Gasteiger partial charge in [-0.1, -0.05) is 11.8 Å². The average Bonchev–Trinajstić information content (AvgIpc) is 3.80. The largest absolute Gasteiger partial charge is 0.416 e. The van der Waals surface area contributed by atoms with Crippen LogP contribution < -0.4 is 15.5 Å². The Kier molecular flexibility index (Phi) is 7.98. The minimum atomic E-state index is -4.46. The second-order valence-corrected chi connectivity index (χ2v) is 14.6. The lowest BCUT2D eigenvalue weighted by molar-refractivity contribution is -0.138. The molecular weight excluding hydrogens is 687 g/mol. The van der Waals surface area contributed by atoms with Crippen LogP contribution in [0.3, 0.4) is 0 Å². The Morgan fingerprint density at radius 3 is 2.36 bits per heavy atom. The first-order chi connectivity index (χ1) is 25.2. The number of aromatic nitrogens is 1. The maximum absolute atomic E-state index is 13.6. The third kappa shape index (κ3) is 6.11. The maximum Gasteiger partial charge on any atom is 0.416 e. The van der Waals surface area contributed by atoms with Crippen LogP contribution in [0.1, 0.15) is 82.9 Å². The van der Waals surface area contributed by atoms with Crippen LogP contribution in [-0.2, 0) is 26.1 Å². The number of amides is 5. The van der Waals surface area contributed by atoms with Crippen LogP contribution in [0, 0.1) is 17.8 Å². The van der Waals surface area contributed by atoms with E-state index in [1.807, 2.05) is 35.0 Å². The first-order valence-corrected chi connectivity index (χ1v) is 17.5. The molecule has 4 aromatic rings. The molecule has 53 heavy (non-hydrogen) atoms. The predicted octanol–water partition coefficient (Wildman–Crippen LogP) is 5.80. The number of benzene rings is 3. The fourth-order valence-corrected chi connectivity index (χ4v) is 7.30. The predicted molar refractivity (Wildman–Crippen MR) is 189 cm³/mol. The molecule has 1 saturated carbocycles. The van der Waals surface area contributed by atoms with Gasteiger partial charge in [-0.05, 0) is 105 Å². The molecule has 0 bridgehead atoms. The summed E-state index contributed by atoms with van der Waals surface area (Å²) in [6, 6.07) is 15.1. The highest BCUT2D eigenvalue weighted by Gasteiger charge is 2.45. The first-order valence-electron chi connectivity index (χ1n) is 17.5. The minimum Gasteiger partial charge on any atom is -0.369 e. The van der Waals surface area contributed by atoms with E-state index in [9.17, 15) is 37.1 Å². The number of hydrogen-bond donors (Lipinski definition) is 2. The van der Waals surface area contributed by atoms with E-state index in [0.717, 1.165) is 52.0 Å². The van der Waals surface area contributed by atoms with Crippen molar-refractivity contribution in [3.63, 3.8) is 0 Å². The normalized spacial score (nSPS) is 19.2. The molecule has 0 radical (unpaired) electrons. The molecule has 2 saturated heterocycles. The van der Waals surface area contributed by atoms with Crippen molar-refractivity contribution in [3.8, 4) is 11.8 Å². The third-order valence-electron chi connectivity index (χ3n) is 10.6. The Bertz CT molecular complexity index is 2320. The molecule has 0 spiro atoms. The zero-order valence-electron chi connectivity index (χ0n) is 28.8. The Morgan fingerprint density at radius 2 is 1.64 bits per heavy atom. The summed E-state index contributed by atoms with van der Waals surface area (Å²) in [4.78, 5) is 66.8. The summed E-state index contributed by atoms with van der Waals surface area (Å²) in [7, 11) is 0. The van der Waals surface area contributed by atoms with Gasteiger partial charge in [0.15, 0.2) is 0 Å². The molecule has 1 aliphatic carbocycles. The minimum absolute atomic E-state index is 0.00208. The van der Waals surface area contributed by atoms with Gasteiger partial charge < -0.3 is 14.8 Å². The topological polar surface area (TPSA) is 121 Å². The van der Waals surface area contributed by atoms with Crippen LogP contribution >= 0.6 is 0 Å². The van der Waals surface area contributed by atoms with E-state index >= 15 is 0 Å². The Labute approximate surface area is 302 Å². The first kappa shape index (κ1) is 34.2. The fourth-order valence-electron chi connectivity index (χ4n) is 7.30. The Balaban J connectivity index is 0.920. The number of rotatable bonds is 6. The van der Waals surface area contributed by atoms with E-state index in [1.54, 1.807) is 32.0 Å². The molecule has 1 atom stereocenters. The highest BCUT2D eigenvalue weighted by molar-refractivity contribution is 6.23. The molecule has 1 unspecified atom stereocenters. The van der Waals surface area contributed by atoms with E-state index in [4.69, 9.17) is 0 Å². The van der Waals surface area contributed by atoms with E-state index < -0.39 is 46.9 Å². The molecule has 3 fully saturated rings. The number of nitrogens with zero attached hydrogens (tertiary/aromatic N) is 3. The van der Waals surface area contributed by atoms with Crippen molar-refractivity contribution >= 4 is 51.8 Å². The molecule has 5 amide bonds. The maximum atomic E-state index is 13.6. The summed E-state index contributed by atoms with van der Waals surface area (Å²) in [5.41, 5.74) is 1.96. The number of imide groups is 2. The number of piperidine rings is 1. The summed E-state index contributed by atoms with van der Waals surface area (Å²) in [5, 5.41) is 5.98. The third-order valence-corrected chi connectivity index (χ3v) is 10.6. The lowest BCUT2D eigenvalue weighted by atomic mass is 9.98. The van der Waals surface area contributed by atoms with Gasteiger partial charge in [-0.15, -0.1) is 0 Å². The van der Waals surface area contributed by atoms with Gasteiger partial charge in [-0.3, -0.25) is 34.2 Å². The second-order valence-electron chi connectivity index (χ2n) is 14.6. The van der Waals surface area contributed by atoms with Gasteiger partial charge in [0.2, 0.25) is 17.7 Å². The highest BCUT2D eigenvalue weighted by Crippen LogP contribution is 2.46. The Hall–Kier alpha value is -5.90. The van der Waals surface area contributed by atoms with Crippen molar-refractivity contribution in [2.45, 2.75) is 63.2 Å². The van der Waals surface area contributed by atoms with Gasteiger partial charge in [0, 0.05) is 53.5 Å². The zero-order valence-corrected chi connectivity index (χ0v) is 28.8. The van der Waals surface area contributed by atoms with E-state index in [0.29, 0.717) is 24.3 Å². The van der Waals surface area contributed by atoms with Crippen molar-refractivity contribution in [3.05, 3.63) is 94.7 Å². The number of halogens is 3. The van der Waals surface area contributed by atoms with Gasteiger partial charge in [0.05, 0.1) is 22.6 Å². The molecule has 1 aromatic heterocycles. The molecule has 3 aromatic carbocycles.